The van der Waals surface area contributed by atoms with Crippen LogP contribution in [0.5, 0.6) is 0 Å². The molecule has 4 heteroatoms. The van der Waals surface area contributed by atoms with Gasteiger partial charge in [0, 0.05) is 13.5 Å². The summed E-state index contributed by atoms with van der Waals surface area (Å²) in [7, 11) is 1.65. The highest BCUT2D eigenvalue weighted by atomic mass is 32.1. The van der Waals surface area contributed by atoms with Crippen LogP contribution in [0, 0.1) is 0 Å². The molecule has 0 aliphatic rings. The monoisotopic (exact) mass is 265 g/mol. The lowest BCUT2D eigenvalue weighted by Crippen LogP contribution is -2.29. The Bertz CT molecular complexity index is 464. The van der Waals surface area contributed by atoms with Gasteiger partial charge in [-0.15, -0.1) is 11.3 Å². The molecule has 2 aromatic rings. The van der Waals surface area contributed by atoms with Crippen molar-refractivity contribution in [2.75, 3.05) is 7.11 Å². The maximum Gasteiger partial charge on any atom is 0.0965 e. The summed E-state index contributed by atoms with van der Waals surface area (Å²) >= 11 is 1.64. The summed E-state index contributed by atoms with van der Waals surface area (Å²) in [6, 6.07) is 8.05. The number of fused-ring (bicyclic) bond motifs is 1. The minimum Gasteiger partial charge on any atom is -0.390 e. The fraction of sp³-hybridized carbons (Fsp3) is 0.500. The van der Waals surface area contributed by atoms with Gasteiger partial charge in [0.15, 0.2) is 0 Å². The van der Waals surface area contributed by atoms with Crippen LogP contribution < -0.4 is 0 Å². The number of aromatic nitrogens is 1. The third-order valence-corrected chi connectivity index (χ3v) is 4.09. The Morgan fingerprint density at radius 3 is 2.83 bits per heavy atom. The van der Waals surface area contributed by atoms with Gasteiger partial charge in [-0.1, -0.05) is 25.5 Å². The Kier molecular flexibility index (Phi) is 4.69. The molecule has 1 aromatic carbocycles. The molecular weight excluding hydrogens is 246 g/mol. The molecule has 18 heavy (non-hydrogen) atoms. The van der Waals surface area contributed by atoms with Gasteiger partial charge in [0.05, 0.1) is 27.4 Å². The van der Waals surface area contributed by atoms with Gasteiger partial charge in [0.2, 0.25) is 0 Å². The molecule has 3 nitrogen and oxygen atoms in total. The Hall–Kier alpha value is -0.970. The lowest BCUT2D eigenvalue weighted by atomic mass is 10.1. The number of hydrogen-bond acceptors (Lipinski definition) is 4. The van der Waals surface area contributed by atoms with Crippen molar-refractivity contribution in [3.8, 4) is 0 Å². The number of rotatable bonds is 6. The van der Waals surface area contributed by atoms with Gasteiger partial charge in [0.1, 0.15) is 0 Å². The van der Waals surface area contributed by atoms with Gasteiger partial charge >= 0.3 is 0 Å². The molecule has 2 atom stereocenters. The van der Waals surface area contributed by atoms with E-state index >= 15 is 0 Å². The summed E-state index contributed by atoms with van der Waals surface area (Å²) in [5, 5.41) is 11.1. The van der Waals surface area contributed by atoms with E-state index in [0.717, 1.165) is 23.4 Å². The van der Waals surface area contributed by atoms with Crippen molar-refractivity contribution in [2.24, 2.45) is 0 Å². The van der Waals surface area contributed by atoms with Crippen LogP contribution in [-0.4, -0.2) is 29.4 Å². The molecule has 98 valence electrons. The zero-order valence-electron chi connectivity index (χ0n) is 10.8. The summed E-state index contributed by atoms with van der Waals surface area (Å²) < 4.78 is 6.50. The highest BCUT2D eigenvalue weighted by Crippen LogP contribution is 2.23. The predicted octanol–water partition coefficient (Wildman–Crippen LogP) is 3.01. The minimum atomic E-state index is -0.476. The molecule has 2 rings (SSSR count). The number of para-hydroxylation sites is 1. The largest absolute Gasteiger partial charge is 0.390 e. The normalized spacial score (nSPS) is 14.8. The molecule has 0 aliphatic carbocycles. The van der Waals surface area contributed by atoms with Crippen molar-refractivity contribution in [2.45, 2.75) is 38.4 Å². The highest BCUT2D eigenvalue weighted by molar-refractivity contribution is 7.18. The number of hydrogen-bond donors (Lipinski definition) is 1. The maximum atomic E-state index is 10.2. The van der Waals surface area contributed by atoms with E-state index in [2.05, 4.69) is 18.0 Å². The van der Waals surface area contributed by atoms with E-state index in [4.69, 9.17) is 4.74 Å². The van der Waals surface area contributed by atoms with Crippen molar-refractivity contribution >= 4 is 21.6 Å². The molecule has 1 N–H and O–H groups in total. The summed E-state index contributed by atoms with van der Waals surface area (Å²) in [4.78, 5) is 4.53. The van der Waals surface area contributed by atoms with Gasteiger partial charge in [-0.05, 0) is 18.6 Å². The van der Waals surface area contributed by atoms with Gasteiger partial charge < -0.3 is 9.84 Å². The van der Waals surface area contributed by atoms with E-state index in [1.807, 2.05) is 18.2 Å². The lowest BCUT2D eigenvalue weighted by molar-refractivity contribution is -0.0159. The Labute approximate surface area is 111 Å². The number of thiazole rings is 1. The summed E-state index contributed by atoms with van der Waals surface area (Å²) in [5.41, 5.74) is 1.01. The molecule has 0 radical (unpaired) electrons. The predicted molar refractivity (Wildman–Crippen MR) is 75.0 cm³/mol. The topological polar surface area (TPSA) is 42.4 Å². The Morgan fingerprint density at radius 1 is 1.39 bits per heavy atom. The van der Waals surface area contributed by atoms with Crippen LogP contribution >= 0.6 is 11.3 Å². The first-order valence-electron chi connectivity index (χ1n) is 6.30. The van der Waals surface area contributed by atoms with Crippen molar-refractivity contribution in [1.82, 2.24) is 4.98 Å². The van der Waals surface area contributed by atoms with E-state index in [-0.39, 0.29) is 6.10 Å². The van der Waals surface area contributed by atoms with Gasteiger partial charge in [-0.3, -0.25) is 0 Å². The number of aliphatic hydroxyl groups excluding tert-OH is 1. The number of ether oxygens (including phenoxy) is 1. The van der Waals surface area contributed by atoms with E-state index in [0.29, 0.717) is 6.42 Å². The molecule has 2 unspecified atom stereocenters. The molecule has 0 saturated carbocycles. The second-order valence-corrected chi connectivity index (χ2v) is 5.52. The van der Waals surface area contributed by atoms with Crippen molar-refractivity contribution in [3.63, 3.8) is 0 Å². The van der Waals surface area contributed by atoms with Gasteiger partial charge in [-0.2, -0.15) is 0 Å². The molecule has 0 fully saturated rings. The highest BCUT2D eigenvalue weighted by Gasteiger charge is 2.19. The minimum absolute atomic E-state index is 0.0954. The standard InChI is InChI=1S/C14H19NO2S/c1-3-6-12(17-2)11(16)9-14-15-10-7-4-5-8-13(10)18-14/h4-5,7-8,11-12,16H,3,6,9H2,1-2H3. The number of benzene rings is 1. The molecule has 0 bridgehead atoms. The fourth-order valence-electron chi connectivity index (χ4n) is 2.07. The van der Waals surface area contributed by atoms with Crippen LogP contribution in [0.15, 0.2) is 24.3 Å². The average Bonchev–Trinajstić information content (AvgIpc) is 2.77. The molecule has 1 aromatic heterocycles. The SMILES string of the molecule is CCCC(OC)C(O)Cc1nc2ccccc2s1. The van der Waals surface area contributed by atoms with Gasteiger partial charge in [0.25, 0.3) is 0 Å². The lowest BCUT2D eigenvalue weighted by Gasteiger charge is -2.20. The Balaban J connectivity index is 2.08. The van der Waals surface area contributed by atoms with Crippen molar-refractivity contribution in [1.29, 1.82) is 0 Å². The third-order valence-electron chi connectivity index (χ3n) is 3.03. The second kappa shape index (κ2) is 6.27. The quantitative estimate of drug-likeness (QED) is 0.873. The van der Waals surface area contributed by atoms with Crippen molar-refractivity contribution < 1.29 is 9.84 Å². The molecule has 1 heterocycles. The molecular formula is C14H19NO2S. The summed E-state index contributed by atoms with van der Waals surface area (Å²) in [5.74, 6) is 0. The first kappa shape index (κ1) is 13.5. The van der Waals surface area contributed by atoms with Crippen LogP contribution in [0.2, 0.25) is 0 Å². The first-order chi connectivity index (χ1) is 8.74. The molecule has 0 spiro atoms. The molecule has 0 aliphatic heterocycles. The number of methoxy groups -OCH3 is 1. The van der Waals surface area contributed by atoms with E-state index in [9.17, 15) is 5.11 Å². The van der Waals surface area contributed by atoms with E-state index in [1.54, 1.807) is 18.4 Å². The Morgan fingerprint density at radius 2 is 2.17 bits per heavy atom. The molecule has 0 amide bonds. The number of nitrogens with zero attached hydrogens (tertiary/aromatic N) is 1. The third kappa shape index (κ3) is 3.07. The van der Waals surface area contributed by atoms with Crippen LogP contribution in [0.3, 0.4) is 0 Å². The zero-order chi connectivity index (χ0) is 13.0. The van der Waals surface area contributed by atoms with E-state index in [1.165, 1.54) is 4.70 Å². The van der Waals surface area contributed by atoms with Gasteiger partial charge in [-0.25, -0.2) is 4.98 Å². The molecule has 0 saturated heterocycles. The van der Waals surface area contributed by atoms with Crippen LogP contribution in [-0.2, 0) is 11.2 Å². The average molecular weight is 265 g/mol. The zero-order valence-corrected chi connectivity index (χ0v) is 11.6. The summed E-state index contributed by atoms with van der Waals surface area (Å²) in [6.45, 7) is 2.09. The first-order valence-corrected chi connectivity index (χ1v) is 7.11. The van der Waals surface area contributed by atoms with Crippen LogP contribution in [0.25, 0.3) is 10.2 Å². The van der Waals surface area contributed by atoms with Crippen molar-refractivity contribution in [3.05, 3.63) is 29.3 Å². The maximum absolute atomic E-state index is 10.2. The number of aliphatic hydroxyl groups is 1. The summed E-state index contributed by atoms with van der Waals surface area (Å²) in [6.07, 6.45) is 1.88. The van der Waals surface area contributed by atoms with Crippen LogP contribution in [0.1, 0.15) is 24.8 Å². The van der Waals surface area contributed by atoms with E-state index < -0.39 is 6.10 Å². The second-order valence-electron chi connectivity index (χ2n) is 4.41. The smallest absolute Gasteiger partial charge is 0.0965 e. The van der Waals surface area contributed by atoms with Crippen LogP contribution in [0.4, 0.5) is 0 Å². The fourth-order valence-corrected chi connectivity index (χ4v) is 3.09.